The summed E-state index contributed by atoms with van der Waals surface area (Å²) in [6.45, 7) is 14.1. The molecule has 1 rings (SSSR count). The molecule has 0 aliphatic carbocycles. The van der Waals surface area contributed by atoms with Crippen LogP contribution >= 0.6 is 0 Å². The second kappa shape index (κ2) is 22.4. The van der Waals surface area contributed by atoms with E-state index in [2.05, 4.69) is 40.7 Å². The highest BCUT2D eigenvalue weighted by Gasteiger charge is 2.25. The number of hydrogen-bond acceptors (Lipinski definition) is 5. The third kappa shape index (κ3) is 13.5. The third-order valence-corrected chi connectivity index (χ3v) is 6.02. The molecule has 0 saturated carbocycles. The van der Waals surface area contributed by atoms with Crippen LogP contribution in [0.2, 0.25) is 0 Å². The Morgan fingerprint density at radius 2 is 0.639 bits per heavy atom. The zero-order valence-corrected chi connectivity index (χ0v) is 24.2. The fourth-order valence-electron chi connectivity index (χ4n) is 3.75. The summed E-state index contributed by atoms with van der Waals surface area (Å²) in [6.07, 6.45) is 16.3. The fourth-order valence-corrected chi connectivity index (χ4v) is 3.75. The topological polar surface area (TPSA) is 46.2 Å². The fraction of sp³-hybridized carbons (Fsp3) is 0.806. The van der Waals surface area contributed by atoms with Crippen molar-refractivity contribution >= 4 is 0 Å². The van der Waals surface area contributed by atoms with E-state index in [1.807, 2.05) is 0 Å². The first-order valence-corrected chi connectivity index (χ1v) is 15.0. The summed E-state index contributed by atoms with van der Waals surface area (Å²) in [4.78, 5) is 0. The van der Waals surface area contributed by atoms with E-state index in [1.54, 1.807) is 0 Å². The van der Waals surface area contributed by atoms with Gasteiger partial charge in [0.05, 0.1) is 39.1 Å². The minimum atomic E-state index is 0.583. The molecular weight excluding hydrogens is 452 g/mol. The minimum absolute atomic E-state index is 0.583. The number of rotatable bonds is 25. The lowest BCUT2D eigenvalue weighted by molar-refractivity contribution is 0.207. The summed E-state index contributed by atoms with van der Waals surface area (Å²) < 4.78 is 31.5. The summed E-state index contributed by atoms with van der Waals surface area (Å²) >= 11 is 0. The molecule has 0 amide bonds. The summed E-state index contributed by atoms with van der Waals surface area (Å²) in [5, 5.41) is 0. The minimum Gasteiger partial charge on any atom is -0.489 e. The average molecular weight is 508 g/mol. The Balaban J connectivity index is 3.35. The van der Waals surface area contributed by atoms with Gasteiger partial charge in [-0.15, -0.1) is 0 Å². The maximum atomic E-state index is 6.39. The maximum absolute atomic E-state index is 6.39. The van der Waals surface area contributed by atoms with Crippen LogP contribution in [-0.2, 0) is 0 Å². The van der Waals surface area contributed by atoms with Crippen LogP contribution in [0.4, 0.5) is 0 Å². The summed E-state index contributed by atoms with van der Waals surface area (Å²) in [5.41, 5.74) is 0. The maximum Gasteiger partial charge on any atom is 0.211 e. The molecule has 0 unspecified atom stereocenters. The van der Waals surface area contributed by atoms with E-state index in [9.17, 15) is 0 Å². The SMILES string of the molecule is CCCCCOc1[c]c(OCCCCC)c(OCCCCC)c(OCCCCC)c1OCCCCC. The lowest BCUT2D eigenvalue weighted by Crippen LogP contribution is -2.10. The molecule has 36 heavy (non-hydrogen) atoms. The van der Waals surface area contributed by atoms with Crippen molar-refractivity contribution in [1.82, 2.24) is 0 Å². The third-order valence-electron chi connectivity index (χ3n) is 6.02. The molecule has 5 nitrogen and oxygen atoms in total. The van der Waals surface area contributed by atoms with Gasteiger partial charge in [-0.1, -0.05) is 98.8 Å². The van der Waals surface area contributed by atoms with Crippen LogP contribution in [0, 0.1) is 6.07 Å². The standard InChI is InChI=1S/C31H55O5/c1-6-11-16-21-32-27-26-28(33-22-17-12-7-2)30(35-24-19-14-9-4)31(36-25-20-15-10-5)29(27)34-23-18-13-8-3/h6-25H2,1-5H3. The van der Waals surface area contributed by atoms with Gasteiger partial charge in [0.15, 0.2) is 11.5 Å². The smallest absolute Gasteiger partial charge is 0.211 e. The van der Waals surface area contributed by atoms with Crippen molar-refractivity contribution in [3.05, 3.63) is 6.07 Å². The van der Waals surface area contributed by atoms with Crippen LogP contribution < -0.4 is 23.7 Å². The highest BCUT2D eigenvalue weighted by atomic mass is 16.6. The van der Waals surface area contributed by atoms with Crippen molar-refractivity contribution in [3.8, 4) is 28.7 Å². The van der Waals surface area contributed by atoms with Crippen molar-refractivity contribution in [3.63, 3.8) is 0 Å². The molecule has 0 heterocycles. The van der Waals surface area contributed by atoms with Crippen LogP contribution in [0.5, 0.6) is 28.7 Å². The van der Waals surface area contributed by atoms with Gasteiger partial charge in [0, 0.05) is 0 Å². The van der Waals surface area contributed by atoms with Gasteiger partial charge in [-0.2, -0.15) is 0 Å². The number of hydrogen-bond donors (Lipinski definition) is 0. The van der Waals surface area contributed by atoms with E-state index in [4.69, 9.17) is 23.7 Å². The van der Waals surface area contributed by atoms with Gasteiger partial charge in [-0.3, -0.25) is 0 Å². The molecule has 1 aromatic rings. The van der Waals surface area contributed by atoms with E-state index in [0.717, 1.165) is 96.3 Å². The van der Waals surface area contributed by atoms with Crippen molar-refractivity contribution < 1.29 is 23.7 Å². The first kappa shape index (κ1) is 32.2. The molecule has 0 atom stereocenters. The van der Waals surface area contributed by atoms with Crippen LogP contribution in [0.1, 0.15) is 131 Å². The Kier molecular flexibility index (Phi) is 20.1. The predicted octanol–water partition coefficient (Wildman–Crippen LogP) is 9.33. The first-order chi connectivity index (χ1) is 17.7. The normalized spacial score (nSPS) is 10.9. The molecular formula is C31H55O5. The van der Waals surface area contributed by atoms with Crippen LogP contribution in [0.15, 0.2) is 0 Å². The number of benzene rings is 1. The van der Waals surface area contributed by atoms with E-state index < -0.39 is 0 Å². The second-order valence-corrected chi connectivity index (χ2v) is 9.55. The van der Waals surface area contributed by atoms with Gasteiger partial charge < -0.3 is 23.7 Å². The zero-order valence-electron chi connectivity index (χ0n) is 24.2. The van der Waals surface area contributed by atoms with Gasteiger partial charge in [-0.05, 0) is 32.1 Å². The monoisotopic (exact) mass is 507 g/mol. The molecule has 0 saturated heterocycles. The molecule has 0 aromatic heterocycles. The molecule has 0 spiro atoms. The Hall–Kier alpha value is -1.78. The Morgan fingerprint density at radius 1 is 0.361 bits per heavy atom. The largest absolute Gasteiger partial charge is 0.489 e. The van der Waals surface area contributed by atoms with E-state index in [0.29, 0.717) is 61.8 Å². The highest BCUT2D eigenvalue weighted by molar-refractivity contribution is 5.65. The summed E-state index contributed by atoms with van der Waals surface area (Å²) in [7, 11) is 0. The molecule has 0 bridgehead atoms. The molecule has 0 fully saturated rings. The lowest BCUT2D eigenvalue weighted by Gasteiger charge is -2.22. The Labute approximate surface area is 222 Å². The van der Waals surface area contributed by atoms with E-state index in [1.165, 1.54) is 0 Å². The zero-order chi connectivity index (χ0) is 26.3. The van der Waals surface area contributed by atoms with Crippen molar-refractivity contribution in [2.24, 2.45) is 0 Å². The van der Waals surface area contributed by atoms with E-state index in [-0.39, 0.29) is 0 Å². The molecule has 0 N–H and O–H groups in total. The second-order valence-electron chi connectivity index (χ2n) is 9.55. The van der Waals surface area contributed by atoms with E-state index >= 15 is 0 Å². The summed E-state index contributed by atoms with van der Waals surface area (Å²) in [6, 6.07) is 3.38. The Bertz CT molecular complexity index is 600. The average Bonchev–Trinajstić information content (AvgIpc) is 2.89. The quantitative estimate of drug-likeness (QED) is 0.123. The first-order valence-electron chi connectivity index (χ1n) is 15.0. The van der Waals surface area contributed by atoms with Crippen LogP contribution in [0.3, 0.4) is 0 Å². The molecule has 0 aliphatic heterocycles. The van der Waals surface area contributed by atoms with Gasteiger partial charge >= 0.3 is 0 Å². The van der Waals surface area contributed by atoms with Crippen molar-refractivity contribution in [1.29, 1.82) is 0 Å². The number of ether oxygens (including phenoxy) is 5. The summed E-state index contributed by atoms with van der Waals surface area (Å²) in [5.74, 6) is 3.02. The van der Waals surface area contributed by atoms with Crippen LogP contribution in [-0.4, -0.2) is 33.0 Å². The lowest BCUT2D eigenvalue weighted by atomic mass is 10.2. The Morgan fingerprint density at radius 3 is 0.944 bits per heavy atom. The van der Waals surface area contributed by atoms with Gasteiger partial charge in [0.1, 0.15) is 0 Å². The number of unbranched alkanes of at least 4 members (excludes halogenated alkanes) is 10. The predicted molar refractivity (Wildman–Crippen MR) is 150 cm³/mol. The molecule has 5 heteroatoms. The van der Waals surface area contributed by atoms with Crippen molar-refractivity contribution in [2.75, 3.05) is 33.0 Å². The van der Waals surface area contributed by atoms with Gasteiger partial charge in [0.25, 0.3) is 0 Å². The molecule has 209 valence electrons. The molecule has 0 aliphatic rings. The van der Waals surface area contributed by atoms with Gasteiger partial charge in [0.2, 0.25) is 17.2 Å². The van der Waals surface area contributed by atoms with Gasteiger partial charge in [-0.25, -0.2) is 0 Å². The molecule has 1 aromatic carbocycles. The van der Waals surface area contributed by atoms with Crippen LogP contribution in [0.25, 0.3) is 0 Å². The molecule has 1 radical (unpaired) electrons. The van der Waals surface area contributed by atoms with Crippen molar-refractivity contribution in [2.45, 2.75) is 131 Å². The highest BCUT2D eigenvalue weighted by Crippen LogP contribution is 2.50.